The molecule has 0 rings (SSSR count). The normalized spacial score (nSPS) is 9.89. The Morgan fingerprint density at radius 1 is 1.06 bits per heavy atom. The number of rotatable bonds is 10. The SMILES string of the molecule is CC(=O)OCOC(=O)NCCCCCNCCN. The van der Waals surface area contributed by atoms with Crippen molar-refractivity contribution >= 4 is 12.1 Å². The topological polar surface area (TPSA) is 103 Å². The molecule has 0 atom stereocenters. The van der Waals surface area contributed by atoms with Gasteiger partial charge in [-0.05, 0) is 19.4 Å². The third-order valence-corrected chi connectivity index (χ3v) is 2.07. The van der Waals surface area contributed by atoms with E-state index in [-0.39, 0.29) is 6.79 Å². The van der Waals surface area contributed by atoms with Crippen LogP contribution in [0, 0.1) is 0 Å². The molecule has 0 saturated heterocycles. The van der Waals surface area contributed by atoms with Crippen molar-refractivity contribution in [3.05, 3.63) is 0 Å². The summed E-state index contributed by atoms with van der Waals surface area (Å²) < 4.78 is 9.05. The zero-order valence-corrected chi connectivity index (χ0v) is 10.9. The smallest absolute Gasteiger partial charge is 0.410 e. The van der Waals surface area contributed by atoms with Gasteiger partial charge >= 0.3 is 12.1 Å². The summed E-state index contributed by atoms with van der Waals surface area (Å²) in [6.45, 7) is 3.88. The molecule has 0 unspecified atom stereocenters. The van der Waals surface area contributed by atoms with E-state index in [0.717, 1.165) is 32.4 Å². The van der Waals surface area contributed by atoms with Gasteiger partial charge in [0.15, 0.2) is 0 Å². The quantitative estimate of drug-likeness (QED) is 0.289. The van der Waals surface area contributed by atoms with E-state index in [9.17, 15) is 9.59 Å². The van der Waals surface area contributed by atoms with Crippen molar-refractivity contribution in [1.29, 1.82) is 0 Å². The summed E-state index contributed by atoms with van der Waals surface area (Å²) in [4.78, 5) is 21.4. The third-order valence-electron chi connectivity index (χ3n) is 2.07. The highest BCUT2D eigenvalue weighted by Gasteiger charge is 2.01. The van der Waals surface area contributed by atoms with Crippen LogP contribution in [0.3, 0.4) is 0 Å². The van der Waals surface area contributed by atoms with Crippen LogP contribution < -0.4 is 16.4 Å². The second kappa shape index (κ2) is 12.1. The molecular weight excluding hydrogens is 238 g/mol. The van der Waals surface area contributed by atoms with Crippen molar-refractivity contribution in [2.75, 3.05) is 33.0 Å². The Balaban J connectivity index is 3.17. The lowest BCUT2D eigenvalue weighted by Crippen LogP contribution is -2.27. The Morgan fingerprint density at radius 2 is 1.78 bits per heavy atom. The number of nitrogens with one attached hydrogen (secondary N) is 2. The molecule has 0 aliphatic rings. The molecule has 7 nitrogen and oxygen atoms in total. The van der Waals surface area contributed by atoms with Crippen LogP contribution in [0.25, 0.3) is 0 Å². The molecule has 0 aromatic rings. The minimum atomic E-state index is -0.572. The molecule has 0 radical (unpaired) electrons. The first-order valence-corrected chi connectivity index (χ1v) is 6.11. The lowest BCUT2D eigenvalue weighted by molar-refractivity contribution is -0.149. The molecule has 1 amide bonds. The van der Waals surface area contributed by atoms with Gasteiger partial charge in [-0.25, -0.2) is 4.79 Å². The van der Waals surface area contributed by atoms with Crippen LogP contribution in [0.4, 0.5) is 4.79 Å². The average Bonchev–Trinajstić information content (AvgIpc) is 2.32. The van der Waals surface area contributed by atoms with Crippen molar-refractivity contribution in [3.8, 4) is 0 Å². The van der Waals surface area contributed by atoms with Crippen molar-refractivity contribution in [3.63, 3.8) is 0 Å². The summed E-state index contributed by atoms with van der Waals surface area (Å²) in [5.41, 5.74) is 5.33. The van der Waals surface area contributed by atoms with Crippen molar-refractivity contribution in [2.45, 2.75) is 26.2 Å². The maximum Gasteiger partial charge on any atom is 0.410 e. The lowest BCUT2D eigenvalue weighted by Gasteiger charge is -2.06. The fraction of sp³-hybridized carbons (Fsp3) is 0.818. The minimum absolute atomic E-state index is 0.343. The molecule has 0 bridgehead atoms. The van der Waals surface area contributed by atoms with Gasteiger partial charge in [0.2, 0.25) is 6.79 Å². The van der Waals surface area contributed by atoms with Crippen LogP contribution in [-0.2, 0) is 14.3 Å². The van der Waals surface area contributed by atoms with Crippen molar-refractivity contribution in [2.24, 2.45) is 5.73 Å². The highest BCUT2D eigenvalue weighted by atomic mass is 16.7. The van der Waals surface area contributed by atoms with E-state index in [2.05, 4.69) is 20.1 Å². The van der Waals surface area contributed by atoms with Gasteiger partial charge in [-0.2, -0.15) is 0 Å². The Kier molecular flexibility index (Phi) is 11.2. The van der Waals surface area contributed by atoms with Gasteiger partial charge < -0.3 is 25.8 Å². The van der Waals surface area contributed by atoms with Crippen LogP contribution >= 0.6 is 0 Å². The Labute approximate surface area is 107 Å². The summed E-state index contributed by atoms with van der Waals surface area (Å²) in [6, 6.07) is 0. The molecule has 0 aliphatic carbocycles. The molecule has 0 saturated carbocycles. The summed E-state index contributed by atoms with van der Waals surface area (Å²) in [6.07, 6.45) is 2.37. The number of ether oxygens (including phenoxy) is 2. The summed E-state index contributed by atoms with van der Waals surface area (Å²) >= 11 is 0. The maximum absolute atomic E-state index is 11.0. The van der Waals surface area contributed by atoms with E-state index in [0.29, 0.717) is 13.1 Å². The predicted molar refractivity (Wildman–Crippen MR) is 66.9 cm³/mol. The van der Waals surface area contributed by atoms with Crippen LogP contribution in [0.15, 0.2) is 0 Å². The second-order valence-electron chi connectivity index (χ2n) is 3.71. The molecular formula is C11H23N3O4. The Hall–Kier alpha value is -1.34. The van der Waals surface area contributed by atoms with Gasteiger partial charge in [0, 0.05) is 26.6 Å². The van der Waals surface area contributed by atoms with E-state index in [1.807, 2.05) is 0 Å². The highest BCUT2D eigenvalue weighted by Crippen LogP contribution is 1.92. The molecule has 0 spiro atoms. The number of alkyl carbamates (subject to hydrolysis) is 1. The zero-order chi connectivity index (χ0) is 13.6. The van der Waals surface area contributed by atoms with Gasteiger partial charge in [0.1, 0.15) is 0 Å². The molecule has 0 aliphatic heterocycles. The van der Waals surface area contributed by atoms with Gasteiger partial charge in [-0.3, -0.25) is 4.79 Å². The summed E-state index contributed by atoms with van der Waals surface area (Å²) in [5, 5.41) is 5.75. The fourth-order valence-corrected chi connectivity index (χ4v) is 1.19. The third kappa shape index (κ3) is 12.7. The van der Waals surface area contributed by atoms with E-state index in [1.165, 1.54) is 6.92 Å². The molecule has 4 N–H and O–H groups in total. The summed E-state index contributed by atoms with van der Waals surface area (Å²) in [7, 11) is 0. The number of hydrogen-bond acceptors (Lipinski definition) is 6. The van der Waals surface area contributed by atoms with E-state index < -0.39 is 12.1 Å². The number of hydrogen-bond donors (Lipinski definition) is 3. The van der Waals surface area contributed by atoms with Crippen molar-refractivity contribution in [1.82, 2.24) is 10.6 Å². The molecule has 18 heavy (non-hydrogen) atoms. The van der Waals surface area contributed by atoms with Gasteiger partial charge in [0.25, 0.3) is 0 Å². The molecule has 0 aromatic carbocycles. The fourth-order valence-electron chi connectivity index (χ4n) is 1.19. The van der Waals surface area contributed by atoms with Crippen LogP contribution in [-0.4, -0.2) is 45.0 Å². The van der Waals surface area contributed by atoms with Gasteiger partial charge in [0.05, 0.1) is 0 Å². The first-order valence-electron chi connectivity index (χ1n) is 6.11. The van der Waals surface area contributed by atoms with Crippen LogP contribution in [0.1, 0.15) is 26.2 Å². The second-order valence-corrected chi connectivity index (χ2v) is 3.71. The molecule has 106 valence electrons. The minimum Gasteiger partial charge on any atom is -0.428 e. The number of carbonyl (C=O) groups excluding carboxylic acids is 2. The molecule has 0 fully saturated rings. The van der Waals surface area contributed by atoms with Crippen LogP contribution in [0.5, 0.6) is 0 Å². The highest BCUT2D eigenvalue weighted by molar-refractivity contribution is 5.68. The van der Waals surface area contributed by atoms with E-state index in [4.69, 9.17) is 5.73 Å². The van der Waals surface area contributed by atoms with E-state index in [1.54, 1.807) is 0 Å². The maximum atomic E-state index is 11.0. The monoisotopic (exact) mass is 261 g/mol. The molecule has 0 aromatic heterocycles. The van der Waals surface area contributed by atoms with Crippen molar-refractivity contribution < 1.29 is 19.1 Å². The average molecular weight is 261 g/mol. The number of unbranched alkanes of at least 4 members (excludes halogenated alkanes) is 2. The first-order chi connectivity index (χ1) is 8.66. The molecule has 0 heterocycles. The number of amides is 1. The Morgan fingerprint density at radius 3 is 2.44 bits per heavy atom. The zero-order valence-electron chi connectivity index (χ0n) is 10.9. The van der Waals surface area contributed by atoms with Gasteiger partial charge in [-0.1, -0.05) is 6.42 Å². The first kappa shape index (κ1) is 16.7. The number of esters is 1. The van der Waals surface area contributed by atoms with Gasteiger partial charge in [-0.15, -0.1) is 0 Å². The predicted octanol–water partition coefficient (Wildman–Crippen LogP) is -0.0482. The van der Waals surface area contributed by atoms with Crippen LogP contribution in [0.2, 0.25) is 0 Å². The number of nitrogens with two attached hydrogens (primary N) is 1. The number of carbonyl (C=O) groups is 2. The Bertz CT molecular complexity index is 236. The van der Waals surface area contributed by atoms with E-state index >= 15 is 0 Å². The largest absolute Gasteiger partial charge is 0.428 e. The molecule has 7 heteroatoms. The lowest BCUT2D eigenvalue weighted by atomic mass is 10.2. The standard InChI is InChI=1S/C11H23N3O4/c1-10(15)17-9-18-11(16)14-7-4-2-3-6-13-8-5-12/h13H,2-9,12H2,1H3,(H,14,16). The summed E-state index contributed by atoms with van der Waals surface area (Å²) in [5.74, 6) is -0.479.